The van der Waals surface area contributed by atoms with E-state index >= 15 is 0 Å². The molecule has 3 amide bonds. The molecule has 1 aliphatic rings. The molecule has 1 saturated heterocycles. The van der Waals surface area contributed by atoms with Gasteiger partial charge in [0.05, 0.1) is 34.5 Å². The van der Waals surface area contributed by atoms with Gasteiger partial charge in [-0.15, -0.1) is 0 Å². The van der Waals surface area contributed by atoms with Crippen molar-refractivity contribution in [1.82, 2.24) is 25.3 Å². The van der Waals surface area contributed by atoms with Crippen LogP contribution in [0, 0.1) is 0 Å². The van der Waals surface area contributed by atoms with E-state index in [9.17, 15) is 22.8 Å². The summed E-state index contributed by atoms with van der Waals surface area (Å²) >= 11 is 13.5. The van der Waals surface area contributed by atoms with Crippen molar-refractivity contribution in [2.24, 2.45) is 0 Å². The molecule has 0 aliphatic carbocycles. The lowest BCUT2D eigenvalue weighted by molar-refractivity contribution is -0.137. The maximum absolute atomic E-state index is 13.3. The Labute approximate surface area is 284 Å². The molecule has 0 unspecified atom stereocenters. The van der Waals surface area contributed by atoms with Crippen molar-refractivity contribution in [2.45, 2.75) is 39.4 Å². The number of hydrogen-bond acceptors (Lipinski definition) is 8. The number of morpholine rings is 1. The van der Waals surface area contributed by atoms with Gasteiger partial charge < -0.3 is 15.4 Å². The Balaban J connectivity index is 1.57. The first kappa shape index (κ1) is 35.1. The molecule has 0 atom stereocenters. The number of urea groups is 1. The number of anilines is 3. The van der Waals surface area contributed by atoms with Gasteiger partial charge in [-0.2, -0.15) is 18.2 Å². The maximum Gasteiger partial charge on any atom is 0.416 e. The van der Waals surface area contributed by atoms with E-state index in [0.29, 0.717) is 44.2 Å². The lowest BCUT2D eigenvalue weighted by Crippen LogP contribution is -2.49. The van der Waals surface area contributed by atoms with Crippen molar-refractivity contribution in [1.29, 1.82) is 0 Å². The number of fused-ring (bicyclic) bond motifs is 1. The summed E-state index contributed by atoms with van der Waals surface area (Å²) in [5.41, 5.74) is -0.943. The zero-order valence-electron chi connectivity index (χ0n) is 26.5. The Morgan fingerprint density at radius 2 is 1.75 bits per heavy atom. The molecule has 4 aromatic rings. The zero-order valence-corrected chi connectivity index (χ0v) is 28.0. The summed E-state index contributed by atoms with van der Waals surface area (Å²) in [6, 6.07) is 8.01. The Morgan fingerprint density at radius 3 is 2.42 bits per heavy atom. The summed E-state index contributed by atoms with van der Waals surface area (Å²) in [4.78, 5) is 40.1. The number of carbonyl (C=O) groups is 2. The molecule has 1 fully saturated rings. The van der Waals surface area contributed by atoms with E-state index in [4.69, 9.17) is 37.9 Å². The molecule has 3 heterocycles. The van der Waals surface area contributed by atoms with Crippen molar-refractivity contribution in [3.05, 3.63) is 69.8 Å². The Morgan fingerprint density at radius 1 is 1.02 bits per heavy atom. The number of halogens is 5. The normalized spacial score (nSPS) is 14.1. The van der Waals surface area contributed by atoms with Crippen LogP contribution in [-0.2, 0) is 10.9 Å². The van der Waals surface area contributed by atoms with Crippen LogP contribution in [-0.4, -0.2) is 70.3 Å². The molecule has 0 spiro atoms. The van der Waals surface area contributed by atoms with E-state index < -0.39 is 29.2 Å². The standard InChI is InChI=1S/C32H33Cl2F3N8O3/c1-5-45(44-11-13-48-14-12-44)29-38-17-19-16-21(27(40-26(19)41-29)42-30(47)43-31(2,3)4)24-22(33)9-10-23(25(24)34)39-28(46)18-7-6-8-20(15-18)32(35,36)37/h6-10,15-17H,5,11-14H2,1-4H3,(H,39,46)(H2,38,40,41,42,43,47). The molecule has 16 heteroatoms. The highest BCUT2D eigenvalue weighted by Gasteiger charge is 2.31. The van der Waals surface area contributed by atoms with Gasteiger partial charge in [0.2, 0.25) is 5.95 Å². The van der Waals surface area contributed by atoms with Crippen LogP contribution in [0.2, 0.25) is 10.0 Å². The summed E-state index contributed by atoms with van der Waals surface area (Å²) in [5.74, 6) is -0.349. The average molecular weight is 706 g/mol. The number of benzene rings is 2. The first-order valence-corrected chi connectivity index (χ1v) is 15.7. The third-order valence-electron chi connectivity index (χ3n) is 7.20. The first-order chi connectivity index (χ1) is 22.6. The number of carbonyl (C=O) groups excluding carboxylic acids is 2. The lowest BCUT2D eigenvalue weighted by Gasteiger charge is -2.36. The van der Waals surface area contributed by atoms with Crippen molar-refractivity contribution in [2.75, 3.05) is 48.5 Å². The maximum atomic E-state index is 13.3. The zero-order chi connectivity index (χ0) is 34.8. The molecule has 5 rings (SSSR count). The SMILES string of the molecule is CCN(c1ncc2cc(-c3c(Cl)ccc(NC(=O)c4cccc(C(F)(F)F)c4)c3Cl)c(NC(=O)NC(C)(C)C)nc2n1)N1CCOCC1. The number of rotatable bonds is 7. The van der Waals surface area contributed by atoms with Gasteiger partial charge in [-0.3, -0.25) is 15.1 Å². The predicted octanol–water partition coefficient (Wildman–Crippen LogP) is 7.26. The predicted molar refractivity (Wildman–Crippen MR) is 180 cm³/mol. The van der Waals surface area contributed by atoms with E-state index in [2.05, 4.69) is 25.9 Å². The smallest absolute Gasteiger partial charge is 0.379 e. The van der Waals surface area contributed by atoms with Crippen molar-refractivity contribution < 1.29 is 27.5 Å². The van der Waals surface area contributed by atoms with Crippen LogP contribution in [0.5, 0.6) is 0 Å². The molecule has 0 saturated carbocycles. The minimum absolute atomic E-state index is 0.0368. The number of nitrogens with one attached hydrogen (secondary N) is 3. The van der Waals surface area contributed by atoms with Gasteiger partial charge in [-0.25, -0.2) is 19.8 Å². The van der Waals surface area contributed by atoms with Crippen LogP contribution in [0.1, 0.15) is 43.6 Å². The molecule has 0 bridgehead atoms. The lowest BCUT2D eigenvalue weighted by atomic mass is 10.0. The van der Waals surface area contributed by atoms with Crippen LogP contribution >= 0.6 is 23.2 Å². The number of pyridine rings is 1. The van der Waals surface area contributed by atoms with Crippen molar-refractivity contribution in [3.63, 3.8) is 0 Å². The highest BCUT2D eigenvalue weighted by Crippen LogP contribution is 2.43. The molecule has 0 radical (unpaired) electrons. The molecule has 2 aromatic heterocycles. The fourth-order valence-corrected chi connectivity index (χ4v) is 5.66. The van der Waals surface area contributed by atoms with Crippen molar-refractivity contribution in [3.8, 4) is 11.1 Å². The Kier molecular flexibility index (Phi) is 10.3. The molecule has 2 aromatic carbocycles. The fraction of sp³-hybridized carbons (Fsp3) is 0.344. The van der Waals surface area contributed by atoms with E-state index in [1.165, 1.54) is 18.2 Å². The third-order valence-corrected chi connectivity index (χ3v) is 7.90. The summed E-state index contributed by atoms with van der Waals surface area (Å²) in [5, 5.41) is 12.8. The van der Waals surface area contributed by atoms with Gasteiger partial charge in [0.1, 0.15) is 5.82 Å². The summed E-state index contributed by atoms with van der Waals surface area (Å²) < 4.78 is 45.3. The van der Waals surface area contributed by atoms with Crippen molar-refractivity contribution >= 4 is 63.6 Å². The molecular formula is C32H33Cl2F3N8O3. The number of hydrazine groups is 1. The average Bonchev–Trinajstić information content (AvgIpc) is 3.02. The van der Waals surface area contributed by atoms with Gasteiger partial charge in [-0.05, 0) is 64.1 Å². The number of alkyl halides is 3. The summed E-state index contributed by atoms with van der Waals surface area (Å²) in [6.07, 6.45) is -3.04. The van der Waals surface area contributed by atoms with Crippen LogP contribution in [0.25, 0.3) is 22.2 Å². The Hall–Kier alpha value is -4.24. The van der Waals surface area contributed by atoms with Gasteiger partial charge >= 0.3 is 12.2 Å². The summed E-state index contributed by atoms with van der Waals surface area (Å²) in [7, 11) is 0. The minimum Gasteiger partial charge on any atom is -0.379 e. The van der Waals surface area contributed by atoms with E-state index in [1.54, 1.807) is 12.3 Å². The highest BCUT2D eigenvalue weighted by molar-refractivity contribution is 6.41. The molecule has 48 heavy (non-hydrogen) atoms. The van der Waals surface area contributed by atoms with Gasteiger partial charge in [0.15, 0.2) is 5.65 Å². The first-order valence-electron chi connectivity index (χ1n) is 15.0. The van der Waals surface area contributed by atoms with E-state index in [0.717, 1.165) is 18.2 Å². The van der Waals surface area contributed by atoms with Crippen LogP contribution < -0.4 is 21.0 Å². The third kappa shape index (κ3) is 8.06. The summed E-state index contributed by atoms with van der Waals surface area (Å²) in [6.45, 7) is 10.5. The minimum atomic E-state index is -4.63. The monoisotopic (exact) mass is 704 g/mol. The van der Waals surface area contributed by atoms with Gasteiger partial charge in [-0.1, -0.05) is 29.3 Å². The topological polar surface area (TPSA) is 125 Å². The second-order valence-electron chi connectivity index (χ2n) is 11.9. The second kappa shape index (κ2) is 14.1. The number of ether oxygens (including phenoxy) is 1. The molecular weight excluding hydrogens is 672 g/mol. The number of nitrogens with zero attached hydrogens (tertiary/aromatic N) is 5. The van der Waals surface area contributed by atoms with Gasteiger partial charge in [0.25, 0.3) is 5.91 Å². The molecule has 11 nitrogen and oxygen atoms in total. The number of hydrogen-bond donors (Lipinski definition) is 3. The molecule has 3 N–H and O–H groups in total. The number of aromatic nitrogens is 3. The Bertz CT molecular complexity index is 1850. The van der Waals surface area contributed by atoms with E-state index in [1.807, 2.05) is 32.7 Å². The quantitative estimate of drug-likeness (QED) is 0.184. The van der Waals surface area contributed by atoms with Gasteiger partial charge in [0, 0.05) is 53.4 Å². The fourth-order valence-electron chi connectivity index (χ4n) is 5.03. The number of amides is 3. The molecule has 254 valence electrons. The van der Waals surface area contributed by atoms with E-state index in [-0.39, 0.29) is 43.9 Å². The van der Waals surface area contributed by atoms with Crippen LogP contribution in [0.4, 0.5) is 35.4 Å². The molecule has 1 aliphatic heterocycles. The van der Waals surface area contributed by atoms with Crippen LogP contribution in [0.15, 0.2) is 48.7 Å². The largest absolute Gasteiger partial charge is 0.416 e. The van der Waals surface area contributed by atoms with Crippen LogP contribution in [0.3, 0.4) is 0 Å². The second-order valence-corrected chi connectivity index (χ2v) is 12.7. The highest BCUT2D eigenvalue weighted by atomic mass is 35.5.